The van der Waals surface area contributed by atoms with Crippen molar-refractivity contribution in [3.05, 3.63) is 243 Å². The summed E-state index contributed by atoms with van der Waals surface area (Å²) in [4.78, 5) is 2.37. The zero-order valence-electron chi connectivity index (χ0n) is 33.0. The quantitative estimate of drug-likeness (QED) is 0.150. The maximum absolute atomic E-state index is 2.42. The lowest BCUT2D eigenvalue weighted by molar-refractivity contribution is 1.18. The van der Waals surface area contributed by atoms with Crippen LogP contribution in [0.25, 0.3) is 82.8 Å². The zero-order valence-corrected chi connectivity index (χ0v) is 33.0. The molecule has 0 atom stereocenters. The Balaban J connectivity index is 1.04. The third kappa shape index (κ3) is 6.41. The van der Waals surface area contributed by atoms with Crippen LogP contribution in [-0.4, -0.2) is 4.57 Å². The van der Waals surface area contributed by atoms with Crippen LogP contribution < -0.4 is 4.90 Å². The third-order valence-electron chi connectivity index (χ3n) is 11.7. The summed E-state index contributed by atoms with van der Waals surface area (Å²) in [6.07, 6.45) is 0. The number of anilines is 3. The predicted octanol–water partition coefficient (Wildman–Crippen LogP) is 16.1. The normalized spacial score (nSPS) is 11.3. The van der Waals surface area contributed by atoms with Gasteiger partial charge in [-0.3, -0.25) is 0 Å². The van der Waals surface area contributed by atoms with Crippen molar-refractivity contribution in [1.29, 1.82) is 0 Å². The summed E-state index contributed by atoms with van der Waals surface area (Å²) >= 11 is 0. The number of rotatable bonds is 8. The smallest absolute Gasteiger partial charge is 0.0547 e. The average molecular weight is 765 g/mol. The highest BCUT2D eigenvalue weighted by atomic mass is 15.1. The van der Waals surface area contributed by atoms with Crippen molar-refractivity contribution >= 4 is 49.6 Å². The topological polar surface area (TPSA) is 8.17 Å². The molecule has 11 aromatic rings. The van der Waals surface area contributed by atoms with Crippen LogP contribution in [0, 0.1) is 0 Å². The van der Waals surface area contributed by atoms with E-state index >= 15 is 0 Å². The molecule has 10 aromatic carbocycles. The molecule has 2 nitrogen and oxygen atoms in total. The molecule has 0 spiro atoms. The molecule has 0 amide bonds. The van der Waals surface area contributed by atoms with Gasteiger partial charge in [0.25, 0.3) is 0 Å². The van der Waals surface area contributed by atoms with E-state index in [0.717, 1.165) is 22.7 Å². The highest BCUT2D eigenvalue weighted by Crippen LogP contribution is 2.43. The summed E-state index contributed by atoms with van der Waals surface area (Å²) in [6.45, 7) is 0. The molecular weight excluding hydrogens is 725 g/mol. The van der Waals surface area contributed by atoms with Crippen LogP contribution in [-0.2, 0) is 0 Å². The Morgan fingerprint density at radius 3 is 1.40 bits per heavy atom. The minimum atomic E-state index is 1.09. The molecule has 2 heteroatoms. The van der Waals surface area contributed by atoms with Crippen molar-refractivity contribution in [2.75, 3.05) is 4.90 Å². The number of para-hydroxylation sites is 2. The fourth-order valence-electron chi connectivity index (χ4n) is 8.88. The van der Waals surface area contributed by atoms with E-state index < -0.39 is 0 Å². The second-order valence-corrected chi connectivity index (χ2v) is 15.4. The number of hydrogen-bond donors (Lipinski definition) is 0. The van der Waals surface area contributed by atoms with E-state index in [0.29, 0.717) is 0 Å². The monoisotopic (exact) mass is 764 g/mol. The summed E-state index contributed by atoms with van der Waals surface area (Å²) in [5.41, 5.74) is 16.4. The first-order valence-corrected chi connectivity index (χ1v) is 20.6. The molecule has 0 unspecified atom stereocenters. The van der Waals surface area contributed by atoms with E-state index in [1.165, 1.54) is 77.1 Å². The fraction of sp³-hybridized carbons (Fsp3) is 0. The second kappa shape index (κ2) is 15.1. The molecule has 282 valence electrons. The summed E-state index contributed by atoms with van der Waals surface area (Å²) in [5.74, 6) is 0. The lowest BCUT2D eigenvalue weighted by atomic mass is 9.93. The number of fused-ring (bicyclic) bond motifs is 4. The highest BCUT2D eigenvalue weighted by Gasteiger charge is 2.19. The van der Waals surface area contributed by atoms with Gasteiger partial charge in [0.2, 0.25) is 0 Å². The van der Waals surface area contributed by atoms with E-state index in [1.807, 2.05) is 0 Å². The molecule has 0 aliphatic heterocycles. The van der Waals surface area contributed by atoms with E-state index in [9.17, 15) is 0 Å². The molecule has 0 saturated heterocycles. The van der Waals surface area contributed by atoms with Gasteiger partial charge in [-0.1, -0.05) is 158 Å². The van der Waals surface area contributed by atoms with Crippen molar-refractivity contribution in [3.63, 3.8) is 0 Å². The Morgan fingerprint density at radius 1 is 0.283 bits per heavy atom. The van der Waals surface area contributed by atoms with Crippen LogP contribution in [0.4, 0.5) is 17.1 Å². The highest BCUT2D eigenvalue weighted by molar-refractivity contribution is 6.18. The Bertz CT molecular complexity index is 3220. The molecular formula is C58H40N2. The number of benzene rings is 10. The lowest BCUT2D eigenvalue weighted by Crippen LogP contribution is -2.09. The van der Waals surface area contributed by atoms with E-state index in [4.69, 9.17) is 0 Å². The maximum Gasteiger partial charge on any atom is 0.0547 e. The molecule has 0 saturated carbocycles. The molecule has 11 rings (SSSR count). The minimum Gasteiger partial charge on any atom is -0.310 e. The molecule has 0 radical (unpaired) electrons. The lowest BCUT2D eigenvalue weighted by Gasteiger charge is -2.26. The van der Waals surface area contributed by atoms with Crippen LogP contribution in [0.15, 0.2) is 243 Å². The van der Waals surface area contributed by atoms with Crippen molar-refractivity contribution < 1.29 is 0 Å². The van der Waals surface area contributed by atoms with Crippen LogP contribution in [0.3, 0.4) is 0 Å². The number of nitrogens with zero attached hydrogens (tertiary/aromatic N) is 2. The van der Waals surface area contributed by atoms with Gasteiger partial charge in [-0.05, 0) is 140 Å². The van der Waals surface area contributed by atoms with E-state index in [2.05, 4.69) is 252 Å². The van der Waals surface area contributed by atoms with Crippen molar-refractivity contribution in [1.82, 2.24) is 4.57 Å². The summed E-state index contributed by atoms with van der Waals surface area (Å²) in [7, 11) is 0. The Kier molecular flexibility index (Phi) is 8.87. The van der Waals surface area contributed by atoms with Gasteiger partial charge in [0.1, 0.15) is 0 Å². The molecule has 0 aliphatic rings. The van der Waals surface area contributed by atoms with Crippen molar-refractivity contribution in [2.24, 2.45) is 0 Å². The molecule has 0 bridgehead atoms. The third-order valence-corrected chi connectivity index (χ3v) is 11.7. The van der Waals surface area contributed by atoms with Crippen LogP contribution in [0.2, 0.25) is 0 Å². The summed E-state index contributed by atoms with van der Waals surface area (Å²) < 4.78 is 2.42. The van der Waals surface area contributed by atoms with Gasteiger partial charge < -0.3 is 9.47 Å². The van der Waals surface area contributed by atoms with Gasteiger partial charge in [-0.25, -0.2) is 0 Å². The van der Waals surface area contributed by atoms with Gasteiger partial charge in [-0.15, -0.1) is 0 Å². The maximum atomic E-state index is 2.42. The molecule has 1 heterocycles. The fourth-order valence-corrected chi connectivity index (χ4v) is 8.88. The Labute approximate surface area is 350 Å². The van der Waals surface area contributed by atoms with Gasteiger partial charge in [-0.2, -0.15) is 0 Å². The molecule has 0 fully saturated rings. The first-order chi connectivity index (χ1) is 29.7. The van der Waals surface area contributed by atoms with Crippen LogP contribution in [0.5, 0.6) is 0 Å². The molecule has 60 heavy (non-hydrogen) atoms. The number of hydrogen-bond acceptors (Lipinski definition) is 1. The average Bonchev–Trinajstić information content (AvgIpc) is 3.65. The van der Waals surface area contributed by atoms with E-state index in [1.54, 1.807) is 0 Å². The standard InChI is InChI=1S/C58H40N2/c1-5-17-41(18-6-1)47-35-48(42-19-7-2-8-20-42)37-49(36-47)43-31-33-52(34-32-43)59(50-24-9-3-10-25-50)53-28-15-23-46(38-53)54-29-16-30-56-58(54)55-39-44-21-13-14-22-45(44)40-57(55)60(56)51-26-11-4-12-27-51/h1-40H. The second-order valence-electron chi connectivity index (χ2n) is 15.4. The molecule has 0 N–H and O–H groups in total. The first-order valence-electron chi connectivity index (χ1n) is 20.6. The first kappa shape index (κ1) is 35.2. The van der Waals surface area contributed by atoms with Crippen molar-refractivity contribution in [3.8, 4) is 50.2 Å². The van der Waals surface area contributed by atoms with Gasteiger partial charge in [0, 0.05) is 33.5 Å². The molecule has 1 aromatic heterocycles. The SMILES string of the molecule is c1ccc(-c2cc(-c3ccccc3)cc(-c3ccc(N(c4ccccc4)c4cccc(-c5cccc6c5c5cc7ccccc7cc5n6-c5ccccc5)c4)cc3)c2)cc1. The van der Waals surface area contributed by atoms with Gasteiger partial charge >= 0.3 is 0 Å². The number of aromatic nitrogens is 1. The minimum absolute atomic E-state index is 1.09. The zero-order chi connectivity index (χ0) is 39.8. The van der Waals surface area contributed by atoms with Gasteiger partial charge in [0.15, 0.2) is 0 Å². The molecule has 0 aliphatic carbocycles. The van der Waals surface area contributed by atoms with Crippen LogP contribution >= 0.6 is 0 Å². The van der Waals surface area contributed by atoms with Crippen LogP contribution in [0.1, 0.15) is 0 Å². The summed E-state index contributed by atoms with van der Waals surface area (Å²) in [6, 6.07) is 87.9. The summed E-state index contributed by atoms with van der Waals surface area (Å²) in [5, 5.41) is 4.97. The Morgan fingerprint density at radius 2 is 0.767 bits per heavy atom. The predicted molar refractivity (Wildman–Crippen MR) is 255 cm³/mol. The van der Waals surface area contributed by atoms with Crippen molar-refractivity contribution in [2.45, 2.75) is 0 Å². The largest absolute Gasteiger partial charge is 0.310 e. The van der Waals surface area contributed by atoms with Gasteiger partial charge in [0.05, 0.1) is 11.0 Å². The van der Waals surface area contributed by atoms with E-state index in [-0.39, 0.29) is 0 Å². The Hall–Kier alpha value is -7.94.